The van der Waals surface area contributed by atoms with Crippen molar-refractivity contribution < 1.29 is 13.9 Å². The number of rotatable bonds is 8. The van der Waals surface area contributed by atoms with Crippen LogP contribution in [0.2, 0.25) is 0 Å². The molecule has 0 aromatic heterocycles. The molecule has 3 N–H and O–H groups in total. The Labute approximate surface area is 114 Å². The number of nitrogens with two attached hydrogens (primary N) is 1. The van der Waals surface area contributed by atoms with Crippen molar-refractivity contribution in [3.8, 4) is 5.75 Å². The van der Waals surface area contributed by atoms with E-state index < -0.39 is 0 Å². The number of ether oxygens (including phenoxy) is 2. The monoisotopic (exact) mass is 270 g/mol. The second-order valence-electron chi connectivity index (χ2n) is 4.31. The first-order valence-electron chi connectivity index (χ1n) is 6.56. The molecule has 0 heterocycles. The summed E-state index contributed by atoms with van der Waals surface area (Å²) in [5, 5.41) is 0. The van der Waals surface area contributed by atoms with E-state index in [9.17, 15) is 4.39 Å². The van der Waals surface area contributed by atoms with Crippen LogP contribution in [-0.2, 0) is 11.2 Å². The van der Waals surface area contributed by atoms with Gasteiger partial charge in [0, 0.05) is 6.61 Å². The molecular weight excluding hydrogens is 247 g/mol. The molecule has 0 bridgehead atoms. The van der Waals surface area contributed by atoms with Gasteiger partial charge in [-0.3, -0.25) is 11.3 Å². The van der Waals surface area contributed by atoms with E-state index in [1.807, 2.05) is 13.8 Å². The Hall–Kier alpha value is -1.17. The highest BCUT2D eigenvalue weighted by molar-refractivity contribution is 5.31. The lowest BCUT2D eigenvalue weighted by atomic mass is 9.99. The lowest BCUT2D eigenvalue weighted by Gasteiger charge is -2.25. The molecule has 1 aromatic rings. The zero-order chi connectivity index (χ0) is 14.3. The molecular formula is C14H23FN2O2. The van der Waals surface area contributed by atoms with Crippen molar-refractivity contribution in [1.29, 1.82) is 0 Å². The van der Waals surface area contributed by atoms with Crippen molar-refractivity contribution in [2.24, 2.45) is 5.84 Å². The van der Waals surface area contributed by atoms with Gasteiger partial charge in [-0.15, -0.1) is 0 Å². The van der Waals surface area contributed by atoms with Gasteiger partial charge >= 0.3 is 0 Å². The summed E-state index contributed by atoms with van der Waals surface area (Å²) in [7, 11) is 1.45. The third-order valence-electron chi connectivity index (χ3n) is 3.15. The lowest BCUT2D eigenvalue weighted by Crippen LogP contribution is -2.46. The van der Waals surface area contributed by atoms with Gasteiger partial charge in [0.25, 0.3) is 0 Å². The van der Waals surface area contributed by atoms with Crippen molar-refractivity contribution in [3.63, 3.8) is 0 Å². The molecule has 19 heavy (non-hydrogen) atoms. The van der Waals surface area contributed by atoms with Gasteiger partial charge < -0.3 is 9.47 Å². The quantitative estimate of drug-likeness (QED) is 0.560. The first kappa shape index (κ1) is 15.9. The molecule has 0 aliphatic carbocycles. The highest BCUT2D eigenvalue weighted by Gasteiger charge is 2.21. The molecule has 1 rings (SSSR count). The van der Waals surface area contributed by atoms with Gasteiger partial charge in [0.15, 0.2) is 11.6 Å². The van der Waals surface area contributed by atoms with Gasteiger partial charge in [0.05, 0.1) is 19.3 Å². The summed E-state index contributed by atoms with van der Waals surface area (Å²) >= 11 is 0. The Morgan fingerprint density at radius 3 is 2.63 bits per heavy atom. The van der Waals surface area contributed by atoms with Crippen molar-refractivity contribution in [2.45, 2.75) is 38.8 Å². The molecule has 0 radical (unpaired) electrons. The Kier molecular flexibility index (Phi) is 6.77. The third-order valence-corrected chi connectivity index (χ3v) is 3.15. The summed E-state index contributed by atoms with van der Waals surface area (Å²) in [6.07, 6.45) is 1.23. The van der Waals surface area contributed by atoms with E-state index in [-0.39, 0.29) is 23.7 Å². The first-order valence-corrected chi connectivity index (χ1v) is 6.56. The van der Waals surface area contributed by atoms with E-state index in [0.29, 0.717) is 18.6 Å². The molecule has 0 saturated heterocycles. The number of hydrogen-bond donors (Lipinski definition) is 2. The van der Waals surface area contributed by atoms with Crippen LogP contribution in [0.5, 0.6) is 5.75 Å². The van der Waals surface area contributed by atoms with Gasteiger partial charge in [-0.25, -0.2) is 4.39 Å². The fraction of sp³-hybridized carbons (Fsp3) is 0.571. The zero-order valence-electron chi connectivity index (χ0n) is 11.8. The van der Waals surface area contributed by atoms with Crippen LogP contribution in [-0.4, -0.2) is 25.9 Å². The molecule has 0 spiro atoms. The second-order valence-corrected chi connectivity index (χ2v) is 4.31. The molecule has 0 amide bonds. The third kappa shape index (κ3) is 4.16. The van der Waals surface area contributed by atoms with Gasteiger partial charge in [-0.05, 0) is 31.4 Å². The van der Waals surface area contributed by atoms with Gasteiger partial charge in [0.2, 0.25) is 0 Å². The van der Waals surface area contributed by atoms with Crippen molar-refractivity contribution in [2.75, 3.05) is 13.7 Å². The topological polar surface area (TPSA) is 56.5 Å². The second kappa shape index (κ2) is 8.09. The SMILES string of the molecule is CCOC(CC)C(Cc1cccc(OC)c1F)NN. The molecule has 0 aliphatic heterocycles. The molecule has 0 saturated carbocycles. The Balaban J connectivity index is 2.86. The molecule has 5 heteroatoms. The number of hydrogen-bond acceptors (Lipinski definition) is 4. The Morgan fingerprint density at radius 2 is 2.11 bits per heavy atom. The van der Waals surface area contributed by atoms with E-state index in [0.717, 1.165) is 6.42 Å². The maximum Gasteiger partial charge on any atom is 0.168 e. The van der Waals surface area contributed by atoms with E-state index in [1.54, 1.807) is 18.2 Å². The van der Waals surface area contributed by atoms with E-state index >= 15 is 0 Å². The Morgan fingerprint density at radius 1 is 1.37 bits per heavy atom. The van der Waals surface area contributed by atoms with Crippen LogP contribution in [0.4, 0.5) is 4.39 Å². The molecule has 1 aromatic carbocycles. The number of methoxy groups -OCH3 is 1. The summed E-state index contributed by atoms with van der Waals surface area (Å²) in [6.45, 7) is 4.56. The number of benzene rings is 1. The number of nitrogens with one attached hydrogen (secondary N) is 1. The molecule has 4 nitrogen and oxygen atoms in total. The van der Waals surface area contributed by atoms with Crippen molar-refractivity contribution in [3.05, 3.63) is 29.6 Å². The smallest absolute Gasteiger partial charge is 0.168 e. The molecule has 0 fully saturated rings. The summed E-state index contributed by atoms with van der Waals surface area (Å²) in [6, 6.07) is 4.98. The van der Waals surface area contributed by atoms with Crippen molar-refractivity contribution in [1.82, 2.24) is 5.43 Å². The molecule has 2 unspecified atom stereocenters. The Bertz CT molecular complexity index is 388. The van der Waals surface area contributed by atoms with Gasteiger partial charge in [0.1, 0.15) is 0 Å². The maximum absolute atomic E-state index is 14.1. The first-order chi connectivity index (χ1) is 9.17. The van der Waals surface area contributed by atoms with Crippen LogP contribution in [0.3, 0.4) is 0 Å². The van der Waals surface area contributed by atoms with Gasteiger partial charge in [-0.2, -0.15) is 0 Å². The van der Waals surface area contributed by atoms with Crippen LogP contribution >= 0.6 is 0 Å². The standard InChI is InChI=1S/C14H23FN2O2/c1-4-12(19-5-2)11(17-16)9-10-7-6-8-13(18-3)14(10)15/h6-8,11-12,17H,4-5,9,16H2,1-3H3. The van der Waals surface area contributed by atoms with E-state index in [2.05, 4.69) is 5.43 Å². The zero-order valence-corrected chi connectivity index (χ0v) is 11.8. The fourth-order valence-corrected chi connectivity index (χ4v) is 2.14. The van der Waals surface area contributed by atoms with Crippen LogP contribution in [0.1, 0.15) is 25.8 Å². The minimum atomic E-state index is -0.336. The lowest BCUT2D eigenvalue weighted by molar-refractivity contribution is 0.0317. The highest BCUT2D eigenvalue weighted by Crippen LogP contribution is 2.22. The fourth-order valence-electron chi connectivity index (χ4n) is 2.14. The molecule has 2 atom stereocenters. The van der Waals surface area contributed by atoms with Crippen LogP contribution < -0.4 is 16.0 Å². The summed E-state index contributed by atoms with van der Waals surface area (Å²) in [4.78, 5) is 0. The van der Waals surface area contributed by atoms with E-state index in [1.165, 1.54) is 7.11 Å². The number of halogens is 1. The van der Waals surface area contributed by atoms with E-state index in [4.69, 9.17) is 15.3 Å². The minimum Gasteiger partial charge on any atom is -0.494 e. The van der Waals surface area contributed by atoms with Crippen molar-refractivity contribution >= 4 is 0 Å². The highest BCUT2D eigenvalue weighted by atomic mass is 19.1. The average molecular weight is 270 g/mol. The normalized spacial score (nSPS) is 14.2. The minimum absolute atomic E-state index is 0.0411. The summed E-state index contributed by atoms with van der Waals surface area (Å²) in [5.74, 6) is 5.48. The number of hydrazine groups is 1. The average Bonchev–Trinajstić information content (AvgIpc) is 2.44. The summed E-state index contributed by atoms with van der Waals surface area (Å²) in [5.41, 5.74) is 3.29. The van der Waals surface area contributed by atoms with Crippen LogP contribution in [0.25, 0.3) is 0 Å². The van der Waals surface area contributed by atoms with Crippen LogP contribution in [0, 0.1) is 5.82 Å². The molecule has 0 aliphatic rings. The summed E-state index contributed by atoms with van der Waals surface area (Å²) < 4.78 is 24.7. The predicted octanol–water partition coefficient (Wildman–Crippen LogP) is 2.02. The molecule has 108 valence electrons. The largest absolute Gasteiger partial charge is 0.494 e. The predicted molar refractivity (Wildman–Crippen MR) is 73.5 cm³/mol. The van der Waals surface area contributed by atoms with Gasteiger partial charge in [-0.1, -0.05) is 19.1 Å². The van der Waals surface area contributed by atoms with Crippen LogP contribution in [0.15, 0.2) is 18.2 Å². The maximum atomic E-state index is 14.1.